The molecular formula is C75H133NO13. The maximum absolute atomic E-state index is 13.4. The number of aliphatic hydroxyl groups excluding tert-OH is 8. The van der Waals surface area contributed by atoms with Gasteiger partial charge < -0.3 is 65.1 Å². The standard InChI is InChI=1S/C75H133NO13/c1-3-5-7-9-11-13-15-17-19-21-23-25-26-27-28-29-30-31-32-33-34-35-36-37-38-39-41-43-45-47-49-51-53-55-57-59-67(80)76-63(64(79)58-56-54-52-50-48-46-44-42-40-24-22-20-18-16-14-12-10-8-6-4-2)62-86-74-72(85)70(83)73(66(61-78)88-74)89-75-71(84)69(82)68(81)65(60-77)87-75/h5,7,11,13,17,19,23,25,27-28,30-31,33-34,63-66,68-75,77-79,81-85H,3-4,6,8-10,12,14-16,18,20-22,24,26,29,32,35-62H2,1-2H3,(H,76,80)/b7-5-,13-11-,19-17-,25-23-,28-27-,31-30-,34-33-. The molecule has 2 aliphatic rings. The number of carbonyl (C=O) groups excluding carboxylic acids is 1. The molecule has 89 heavy (non-hydrogen) atoms. The van der Waals surface area contributed by atoms with Crippen LogP contribution in [0.4, 0.5) is 0 Å². The van der Waals surface area contributed by atoms with Gasteiger partial charge in [-0.3, -0.25) is 4.79 Å². The molecule has 0 saturated carbocycles. The van der Waals surface area contributed by atoms with Crippen LogP contribution < -0.4 is 5.32 Å². The SMILES string of the molecule is CC/C=C\C/C=C\C/C=C\C/C=C\C/C=C\C/C=C\C/C=C\CCCCCCCCCCCCCCCC(=O)NC(COC1OC(CO)C(OC2OC(CO)C(O)C(O)C2O)C(O)C1O)C(O)CCCCCCCCCCCCCCCCCCCCCC. The van der Waals surface area contributed by atoms with Crippen LogP contribution in [-0.4, -0.2) is 140 Å². The van der Waals surface area contributed by atoms with Crippen LogP contribution in [0.25, 0.3) is 0 Å². The largest absolute Gasteiger partial charge is 0.394 e. The first-order chi connectivity index (χ1) is 43.6. The van der Waals surface area contributed by atoms with E-state index in [1.54, 1.807) is 0 Å². The molecule has 14 heteroatoms. The smallest absolute Gasteiger partial charge is 0.220 e. The van der Waals surface area contributed by atoms with E-state index in [0.717, 1.165) is 103 Å². The fourth-order valence-electron chi connectivity index (χ4n) is 11.6. The molecular weight excluding hydrogens is 1120 g/mol. The zero-order valence-electron chi connectivity index (χ0n) is 56.2. The summed E-state index contributed by atoms with van der Waals surface area (Å²) < 4.78 is 22.9. The van der Waals surface area contributed by atoms with Crippen LogP contribution >= 0.6 is 0 Å². The summed E-state index contributed by atoms with van der Waals surface area (Å²) in [5, 5.41) is 87.7. The van der Waals surface area contributed by atoms with Gasteiger partial charge in [0.05, 0.1) is 32.0 Å². The number of rotatable bonds is 59. The molecule has 12 unspecified atom stereocenters. The topological polar surface area (TPSA) is 228 Å². The summed E-state index contributed by atoms with van der Waals surface area (Å²) in [6.07, 6.45) is 64.5. The molecule has 2 saturated heterocycles. The molecule has 0 spiro atoms. The van der Waals surface area contributed by atoms with Crippen LogP contribution in [0.2, 0.25) is 0 Å². The van der Waals surface area contributed by atoms with Crippen LogP contribution in [-0.2, 0) is 23.7 Å². The van der Waals surface area contributed by atoms with Gasteiger partial charge in [0.25, 0.3) is 0 Å². The molecule has 2 fully saturated rings. The number of hydrogen-bond donors (Lipinski definition) is 9. The summed E-state index contributed by atoms with van der Waals surface area (Å²) in [4.78, 5) is 13.4. The third-order valence-corrected chi connectivity index (χ3v) is 17.4. The lowest BCUT2D eigenvalue weighted by Crippen LogP contribution is -2.65. The van der Waals surface area contributed by atoms with Crippen LogP contribution in [0, 0.1) is 0 Å². The highest BCUT2D eigenvalue weighted by Gasteiger charge is 2.51. The minimum absolute atomic E-state index is 0.208. The lowest BCUT2D eigenvalue weighted by Gasteiger charge is -2.46. The van der Waals surface area contributed by atoms with Crippen molar-refractivity contribution >= 4 is 5.91 Å². The van der Waals surface area contributed by atoms with Gasteiger partial charge in [0.15, 0.2) is 12.6 Å². The number of unbranched alkanes of at least 4 members (excludes halogenated alkanes) is 32. The Hall–Kier alpha value is -2.83. The van der Waals surface area contributed by atoms with Crippen molar-refractivity contribution in [1.82, 2.24) is 5.32 Å². The monoisotopic (exact) mass is 1260 g/mol. The Bertz CT molecular complexity index is 1820. The first kappa shape index (κ1) is 82.3. The summed E-state index contributed by atoms with van der Waals surface area (Å²) in [7, 11) is 0. The number of carbonyl (C=O) groups is 1. The van der Waals surface area contributed by atoms with Crippen molar-refractivity contribution in [2.45, 2.75) is 364 Å². The number of amides is 1. The number of hydrogen-bond acceptors (Lipinski definition) is 13. The lowest BCUT2D eigenvalue weighted by atomic mass is 9.97. The van der Waals surface area contributed by atoms with Gasteiger partial charge in [-0.05, 0) is 70.6 Å². The summed E-state index contributed by atoms with van der Waals surface area (Å²) in [5.74, 6) is -0.208. The molecule has 0 aromatic carbocycles. The zero-order valence-corrected chi connectivity index (χ0v) is 56.2. The number of nitrogens with one attached hydrogen (secondary N) is 1. The van der Waals surface area contributed by atoms with Crippen LogP contribution in [0.15, 0.2) is 85.1 Å². The summed E-state index contributed by atoms with van der Waals surface area (Å²) in [6.45, 7) is 2.78. The van der Waals surface area contributed by atoms with Gasteiger partial charge in [0, 0.05) is 6.42 Å². The van der Waals surface area contributed by atoms with Gasteiger partial charge in [-0.15, -0.1) is 0 Å². The van der Waals surface area contributed by atoms with Gasteiger partial charge in [0.2, 0.25) is 5.91 Å². The zero-order chi connectivity index (χ0) is 64.5. The van der Waals surface area contributed by atoms with E-state index in [9.17, 15) is 45.6 Å². The molecule has 0 aliphatic carbocycles. The minimum Gasteiger partial charge on any atom is -0.394 e. The maximum atomic E-state index is 13.4. The van der Waals surface area contributed by atoms with E-state index >= 15 is 0 Å². The molecule has 2 heterocycles. The molecule has 2 aliphatic heterocycles. The van der Waals surface area contributed by atoms with Crippen LogP contribution in [0.3, 0.4) is 0 Å². The number of ether oxygens (including phenoxy) is 4. The number of allylic oxidation sites excluding steroid dienone is 14. The molecule has 1 amide bonds. The van der Waals surface area contributed by atoms with E-state index in [1.165, 1.54) is 161 Å². The van der Waals surface area contributed by atoms with E-state index in [1.807, 2.05) is 0 Å². The minimum atomic E-state index is -1.79. The van der Waals surface area contributed by atoms with Crippen molar-refractivity contribution in [1.29, 1.82) is 0 Å². The molecule has 516 valence electrons. The van der Waals surface area contributed by atoms with Crippen molar-refractivity contribution in [3.05, 3.63) is 85.1 Å². The van der Waals surface area contributed by atoms with E-state index in [-0.39, 0.29) is 12.5 Å². The lowest BCUT2D eigenvalue weighted by molar-refractivity contribution is -0.359. The second kappa shape index (κ2) is 59.0. The summed E-state index contributed by atoms with van der Waals surface area (Å²) in [5.41, 5.74) is 0. The van der Waals surface area contributed by atoms with Gasteiger partial charge in [-0.25, -0.2) is 0 Å². The Morgan fingerprint density at radius 2 is 0.775 bits per heavy atom. The van der Waals surface area contributed by atoms with Gasteiger partial charge in [-0.1, -0.05) is 298 Å². The molecule has 12 atom stereocenters. The van der Waals surface area contributed by atoms with Crippen molar-refractivity contribution in [3.63, 3.8) is 0 Å². The normalized spacial score (nSPS) is 23.5. The highest BCUT2D eigenvalue weighted by atomic mass is 16.7. The Morgan fingerprint density at radius 1 is 0.416 bits per heavy atom. The third kappa shape index (κ3) is 42.9. The predicted molar refractivity (Wildman–Crippen MR) is 364 cm³/mol. The first-order valence-corrected chi connectivity index (χ1v) is 36.3. The van der Waals surface area contributed by atoms with Crippen molar-refractivity contribution in [3.8, 4) is 0 Å². The Morgan fingerprint density at radius 3 is 1.19 bits per heavy atom. The predicted octanol–water partition coefficient (Wildman–Crippen LogP) is 15.2. The Labute approximate surface area is 541 Å². The van der Waals surface area contributed by atoms with Gasteiger partial charge >= 0.3 is 0 Å². The third-order valence-electron chi connectivity index (χ3n) is 17.4. The fraction of sp³-hybridized carbons (Fsp3) is 0.800. The molecule has 0 aromatic heterocycles. The van der Waals surface area contributed by atoms with E-state index in [0.29, 0.717) is 12.8 Å². The average Bonchev–Trinajstić information content (AvgIpc) is 3.62. The summed E-state index contributed by atoms with van der Waals surface area (Å²) >= 11 is 0. The van der Waals surface area contributed by atoms with Crippen molar-refractivity contribution in [2.24, 2.45) is 0 Å². The maximum Gasteiger partial charge on any atom is 0.220 e. The second-order valence-electron chi connectivity index (χ2n) is 25.3. The molecule has 0 radical (unpaired) electrons. The Balaban J connectivity index is 1.63. The molecule has 0 aromatic rings. The van der Waals surface area contributed by atoms with E-state index < -0.39 is 86.8 Å². The molecule has 9 N–H and O–H groups in total. The highest BCUT2D eigenvalue weighted by molar-refractivity contribution is 5.76. The fourth-order valence-corrected chi connectivity index (χ4v) is 11.6. The second-order valence-corrected chi connectivity index (χ2v) is 25.3. The molecule has 14 nitrogen and oxygen atoms in total. The number of aliphatic hydroxyl groups is 8. The molecule has 2 rings (SSSR count). The highest BCUT2D eigenvalue weighted by Crippen LogP contribution is 2.30. The summed E-state index contributed by atoms with van der Waals surface area (Å²) in [6, 6.07) is -0.835. The first-order valence-electron chi connectivity index (χ1n) is 36.3. The van der Waals surface area contributed by atoms with Crippen molar-refractivity contribution < 1.29 is 64.6 Å². The van der Waals surface area contributed by atoms with Gasteiger partial charge in [-0.2, -0.15) is 0 Å². The average molecular weight is 1260 g/mol. The van der Waals surface area contributed by atoms with E-state index in [2.05, 4.69) is 104 Å². The quantitative estimate of drug-likeness (QED) is 0.0204. The van der Waals surface area contributed by atoms with Crippen LogP contribution in [0.5, 0.6) is 0 Å². The Kier molecular flexibility index (Phi) is 54.5. The van der Waals surface area contributed by atoms with Crippen LogP contribution in [0.1, 0.15) is 290 Å². The van der Waals surface area contributed by atoms with E-state index in [4.69, 9.17) is 18.9 Å². The molecule has 0 bridgehead atoms. The van der Waals surface area contributed by atoms with Crippen molar-refractivity contribution in [2.75, 3.05) is 19.8 Å². The van der Waals surface area contributed by atoms with Gasteiger partial charge in [0.1, 0.15) is 48.8 Å².